The Morgan fingerprint density at radius 2 is 2.22 bits per heavy atom. The van der Waals surface area contributed by atoms with Crippen molar-refractivity contribution < 1.29 is 13.0 Å². The van der Waals surface area contributed by atoms with E-state index in [2.05, 4.69) is 5.32 Å². The van der Waals surface area contributed by atoms with E-state index in [1.807, 2.05) is 0 Å². The van der Waals surface area contributed by atoms with E-state index in [9.17, 15) is 13.0 Å². The van der Waals surface area contributed by atoms with Crippen molar-refractivity contribution >= 4 is 10.8 Å². The summed E-state index contributed by atoms with van der Waals surface area (Å²) in [5, 5.41) is 3.37. The van der Waals surface area contributed by atoms with E-state index < -0.39 is 22.4 Å². The lowest BCUT2D eigenvalue weighted by molar-refractivity contribution is 0.548. The van der Waals surface area contributed by atoms with Gasteiger partial charge in [0.25, 0.3) is 0 Å². The van der Waals surface area contributed by atoms with E-state index in [1.54, 1.807) is 0 Å². The number of halogens is 2. The number of hydrogen-bond donors (Lipinski definition) is 1. The average molecular weight is 273 g/mol. The van der Waals surface area contributed by atoms with Crippen molar-refractivity contribution in [1.29, 1.82) is 0 Å². The predicted molar refractivity (Wildman–Crippen MR) is 67.9 cm³/mol. The average Bonchev–Trinajstić information content (AvgIpc) is 2.81. The molecule has 1 saturated heterocycles. The van der Waals surface area contributed by atoms with E-state index in [-0.39, 0.29) is 4.90 Å². The van der Waals surface area contributed by atoms with Crippen LogP contribution in [0.25, 0.3) is 0 Å². The van der Waals surface area contributed by atoms with Gasteiger partial charge in [0.1, 0.15) is 11.6 Å². The van der Waals surface area contributed by atoms with Crippen LogP contribution in [-0.4, -0.2) is 22.5 Å². The molecule has 100 valence electrons. The molecular formula is C13H17F2NOS. The van der Waals surface area contributed by atoms with Crippen molar-refractivity contribution in [2.45, 2.75) is 36.6 Å². The van der Waals surface area contributed by atoms with Crippen molar-refractivity contribution in [3.8, 4) is 0 Å². The van der Waals surface area contributed by atoms with Gasteiger partial charge >= 0.3 is 0 Å². The van der Waals surface area contributed by atoms with Gasteiger partial charge < -0.3 is 5.32 Å². The Labute approximate surface area is 108 Å². The highest BCUT2D eigenvalue weighted by Crippen LogP contribution is 2.16. The van der Waals surface area contributed by atoms with E-state index in [4.69, 9.17) is 0 Å². The van der Waals surface area contributed by atoms with Crippen LogP contribution in [0.1, 0.15) is 25.7 Å². The van der Waals surface area contributed by atoms with Gasteiger partial charge in [-0.15, -0.1) is 0 Å². The lowest BCUT2D eigenvalue weighted by atomic mass is 10.1. The normalized spacial score (nSPS) is 21.1. The Kier molecular flexibility index (Phi) is 4.83. The zero-order valence-electron chi connectivity index (χ0n) is 10.1. The third kappa shape index (κ3) is 3.59. The Hall–Kier alpha value is -0.810. The van der Waals surface area contributed by atoms with Crippen LogP contribution in [-0.2, 0) is 10.8 Å². The standard InChI is InChI=1S/C13H17F2NOS/c14-10-5-6-13(12(15)9-10)18(17)8-2-4-11-3-1-7-16-11/h5-6,9,11,16H,1-4,7-8H2. The number of hydrogen-bond acceptors (Lipinski definition) is 2. The molecule has 2 rings (SSSR count). The minimum absolute atomic E-state index is 0.107. The van der Waals surface area contributed by atoms with Gasteiger partial charge in [-0.25, -0.2) is 8.78 Å². The first kappa shape index (κ1) is 13.6. The van der Waals surface area contributed by atoms with Crippen LogP contribution < -0.4 is 5.32 Å². The van der Waals surface area contributed by atoms with Gasteiger partial charge in [0.15, 0.2) is 0 Å². The minimum Gasteiger partial charge on any atom is -0.314 e. The highest BCUT2D eigenvalue weighted by Gasteiger charge is 2.15. The zero-order valence-corrected chi connectivity index (χ0v) is 10.9. The molecule has 1 fully saturated rings. The Bertz CT molecular complexity index is 433. The molecule has 2 atom stereocenters. The Morgan fingerprint density at radius 3 is 2.89 bits per heavy atom. The number of benzene rings is 1. The lowest BCUT2D eigenvalue weighted by Gasteiger charge is -2.09. The molecule has 1 heterocycles. The number of rotatable bonds is 5. The van der Waals surface area contributed by atoms with Gasteiger partial charge in [-0.2, -0.15) is 0 Å². The van der Waals surface area contributed by atoms with E-state index >= 15 is 0 Å². The number of nitrogens with one attached hydrogen (secondary N) is 1. The summed E-state index contributed by atoms with van der Waals surface area (Å²) in [7, 11) is -1.37. The molecule has 1 aliphatic heterocycles. The molecule has 2 unspecified atom stereocenters. The first-order chi connectivity index (χ1) is 8.66. The van der Waals surface area contributed by atoms with E-state index in [0.29, 0.717) is 11.8 Å². The third-order valence-electron chi connectivity index (χ3n) is 3.18. The monoisotopic (exact) mass is 273 g/mol. The van der Waals surface area contributed by atoms with Gasteiger partial charge in [-0.3, -0.25) is 4.21 Å². The Balaban J connectivity index is 1.83. The SMILES string of the molecule is O=S(CCCC1CCCN1)c1ccc(F)cc1F. The first-order valence-electron chi connectivity index (χ1n) is 6.23. The van der Waals surface area contributed by atoms with Crippen LogP contribution in [0.4, 0.5) is 8.78 Å². The largest absolute Gasteiger partial charge is 0.314 e. The Morgan fingerprint density at radius 1 is 1.39 bits per heavy atom. The molecule has 1 aromatic rings. The minimum atomic E-state index is -1.37. The van der Waals surface area contributed by atoms with E-state index in [1.165, 1.54) is 12.5 Å². The molecule has 0 saturated carbocycles. The first-order valence-corrected chi connectivity index (χ1v) is 7.55. The van der Waals surface area contributed by atoms with Crippen LogP contribution in [0.2, 0.25) is 0 Å². The molecule has 0 amide bonds. The maximum atomic E-state index is 13.4. The zero-order chi connectivity index (χ0) is 13.0. The summed E-state index contributed by atoms with van der Waals surface area (Å²) in [5.74, 6) is -0.920. The highest BCUT2D eigenvalue weighted by molar-refractivity contribution is 7.85. The maximum absolute atomic E-state index is 13.4. The van der Waals surface area contributed by atoms with Crippen molar-refractivity contribution in [2.75, 3.05) is 12.3 Å². The molecule has 18 heavy (non-hydrogen) atoms. The summed E-state index contributed by atoms with van der Waals surface area (Å²) in [6, 6.07) is 3.72. The smallest absolute Gasteiger partial charge is 0.142 e. The van der Waals surface area contributed by atoms with Gasteiger partial charge in [0.2, 0.25) is 0 Å². The highest BCUT2D eigenvalue weighted by atomic mass is 32.2. The van der Waals surface area contributed by atoms with Gasteiger partial charge in [-0.05, 0) is 44.4 Å². The van der Waals surface area contributed by atoms with Crippen LogP contribution in [0.5, 0.6) is 0 Å². The van der Waals surface area contributed by atoms with Crippen LogP contribution in [0, 0.1) is 11.6 Å². The molecule has 5 heteroatoms. The van der Waals surface area contributed by atoms with Crippen LogP contribution >= 0.6 is 0 Å². The molecule has 0 aliphatic carbocycles. The second kappa shape index (κ2) is 6.38. The van der Waals surface area contributed by atoms with Crippen molar-refractivity contribution in [1.82, 2.24) is 5.32 Å². The second-order valence-corrected chi connectivity index (χ2v) is 6.10. The fourth-order valence-corrected chi connectivity index (χ4v) is 3.38. The lowest BCUT2D eigenvalue weighted by Crippen LogP contribution is -2.21. The molecule has 0 bridgehead atoms. The van der Waals surface area contributed by atoms with Crippen molar-refractivity contribution in [2.24, 2.45) is 0 Å². The molecular weight excluding hydrogens is 256 g/mol. The quantitative estimate of drug-likeness (QED) is 0.893. The van der Waals surface area contributed by atoms with Crippen molar-refractivity contribution in [3.05, 3.63) is 29.8 Å². The third-order valence-corrected chi connectivity index (χ3v) is 4.67. The fourth-order valence-electron chi connectivity index (χ4n) is 2.23. The van der Waals surface area contributed by atoms with E-state index in [0.717, 1.165) is 37.9 Å². The van der Waals surface area contributed by atoms with Crippen molar-refractivity contribution in [3.63, 3.8) is 0 Å². The molecule has 2 nitrogen and oxygen atoms in total. The summed E-state index contributed by atoms with van der Waals surface area (Å²) >= 11 is 0. The molecule has 0 spiro atoms. The topological polar surface area (TPSA) is 29.1 Å². The fraction of sp³-hybridized carbons (Fsp3) is 0.538. The summed E-state index contributed by atoms with van der Waals surface area (Å²) in [6.45, 7) is 1.06. The molecule has 1 aliphatic rings. The summed E-state index contributed by atoms with van der Waals surface area (Å²) in [5.41, 5.74) is 0. The maximum Gasteiger partial charge on any atom is 0.142 e. The predicted octanol–water partition coefficient (Wildman–Crippen LogP) is 2.60. The van der Waals surface area contributed by atoms with Crippen LogP contribution in [0.3, 0.4) is 0 Å². The molecule has 0 radical (unpaired) electrons. The van der Waals surface area contributed by atoms with Gasteiger partial charge in [0.05, 0.1) is 15.7 Å². The van der Waals surface area contributed by atoms with Gasteiger partial charge in [-0.1, -0.05) is 0 Å². The second-order valence-electron chi connectivity index (χ2n) is 4.56. The molecule has 1 aromatic carbocycles. The molecule has 0 aromatic heterocycles. The summed E-state index contributed by atoms with van der Waals surface area (Å²) in [6.07, 6.45) is 4.12. The molecule has 1 N–H and O–H groups in total. The van der Waals surface area contributed by atoms with Gasteiger partial charge in [0, 0.05) is 17.9 Å². The van der Waals surface area contributed by atoms with Crippen LogP contribution in [0.15, 0.2) is 23.1 Å². The summed E-state index contributed by atoms with van der Waals surface area (Å²) in [4.78, 5) is 0.107. The summed E-state index contributed by atoms with van der Waals surface area (Å²) < 4.78 is 38.0.